The highest BCUT2D eigenvalue weighted by Crippen LogP contribution is 2.42. The van der Waals surface area contributed by atoms with E-state index in [-0.39, 0.29) is 0 Å². The van der Waals surface area contributed by atoms with Crippen LogP contribution in [0.25, 0.3) is 11.3 Å². The molecule has 102 valence electrons. The van der Waals surface area contributed by atoms with Gasteiger partial charge in [-0.15, -0.1) is 0 Å². The first-order valence-electron chi connectivity index (χ1n) is 6.81. The van der Waals surface area contributed by atoms with Crippen LogP contribution in [0, 0.1) is 18.3 Å². The molecule has 3 rings (SSSR count). The minimum atomic E-state index is -0.393. The Hall–Kier alpha value is -2.28. The van der Waals surface area contributed by atoms with Crippen LogP contribution in [0.4, 0.5) is 0 Å². The summed E-state index contributed by atoms with van der Waals surface area (Å²) >= 11 is 0. The van der Waals surface area contributed by atoms with Crippen molar-refractivity contribution in [1.82, 2.24) is 9.97 Å². The highest BCUT2D eigenvalue weighted by molar-refractivity contribution is 5.63. The molecule has 0 saturated heterocycles. The van der Waals surface area contributed by atoms with Crippen molar-refractivity contribution in [2.45, 2.75) is 31.6 Å². The number of aromatic amines is 1. The monoisotopic (exact) mass is 267 g/mol. The van der Waals surface area contributed by atoms with Crippen molar-refractivity contribution < 1.29 is 4.74 Å². The summed E-state index contributed by atoms with van der Waals surface area (Å²) < 4.78 is 5.17. The van der Waals surface area contributed by atoms with E-state index < -0.39 is 5.41 Å². The zero-order valence-electron chi connectivity index (χ0n) is 11.7. The molecule has 0 aliphatic heterocycles. The van der Waals surface area contributed by atoms with Crippen molar-refractivity contribution in [3.63, 3.8) is 0 Å². The minimum absolute atomic E-state index is 0.393. The number of benzene rings is 1. The molecule has 1 aromatic heterocycles. The Labute approximate surface area is 118 Å². The molecule has 0 bridgehead atoms. The largest absolute Gasteiger partial charge is 0.497 e. The lowest BCUT2D eigenvalue weighted by atomic mass is 9.69. The van der Waals surface area contributed by atoms with E-state index in [2.05, 4.69) is 16.0 Å². The quantitative estimate of drug-likeness (QED) is 0.927. The number of ether oxygens (including phenoxy) is 1. The molecule has 2 aromatic rings. The van der Waals surface area contributed by atoms with Gasteiger partial charge < -0.3 is 9.72 Å². The second kappa shape index (κ2) is 4.68. The summed E-state index contributed by atoms with van der Waals surface area (Å²) in [4.78, 5) is 7.98. The van der Waals surface area contributed by atoms with Crippen LogP contribution >= 0.6 is 0 Å². The highest BCUT2D eigenvalue weighted by atomic mass is 16.5. The smallest absolute Gasteiger partial charge is 0.127 e. The molecule has 1 fully saturated rings. The molecule has 0 atom stereocenters. The summed E-state index contributed by atoms with van der Waals surface area (Å²) in [5.41, 5.74) is 2.57. The number of hydrogen-bond acceptors (Lipinski definition) is 3. The van der Waals surface area contributed by atoms with E-state index in [1.165, 1.54) is 0 Å². The number of H-pyrrole nitrogens is 1. The molecule has 1 aliphatic carbocycles. The normalized spacial score (nSPS) is 16.2. The first kappa shape index (κ1) is 12.7. The lowest BCUT2D eigenvalue weighted by molar-refractivity contribution is 0.309. The van der Waals surface area contributed by atoms with Gasteiger partial charge in [0.05, 0.1) is 18.9 Å². The SMILES string of the molecule is COc1ccc(-c2nc(C3(C#N)CCC3)[nH]c2C)cc1. The summed E-state index contributed by atoms with van der Waals surface area (Å²) in [7, 11) is 1.65. The van der Waals surface area contributed by atoms with Gasteiger partial charge >= 0.3 is 0 Å². The summed E-state index contributed by atoms with van der Waals surface area (Å²) in [5, 5.41) is 9.40. The van der Waals surface area contributed by atoms with Crippen molar-refractivity contribution in [2.24, 2.45) is 0 Å². The predicted molar refractivity (Wildman–Crippen MR) is 76.5 cm³/mol. The van der Waals surface area contributed by atoms with Gasteiger partial charge in [-0.05, 0) is 50.5 Å². The molecule has 1 heterocycles. The van der Waals surface area contributed by atoms with Gasteiger partial charge in [0.1, 0.15) is 17.0 Å². The molecular weight excluding hydrogens is 250 g/mol. The van der Waals surface area contributed by atoms with Gasteiger partial charge in [0, 0.05) is 11.3 Å². The van der Waals surface area contributed by atoms with Gasteiger partial charge in [-0.3, -0.25) is 0 Å². The standard InChI is InChI=1S/C16H17N3O/c1-11-14(12-4-6-13(20-2)7-5-12)19-15(18-11)16(10-17)8-3-9-16/h4-7H,3,8-9H2,1-2H3,(H,18,19). The third kappa shape index (κ3) is 1.87. The Morgan fingerprint density at radius 1 is 1.30 bits per heavy atom. The van der Waals surface area contributed by atoms with Crippen molar-refractivity contribution in [2.75, 3.05) is 7.11 Å². The van der Waals surface area contributed by atoms with Crippen LogP contribution in [0.3, 0.4) is 0 Å². The molecular formula is C16H17N3O. The Bertz CT molecular complexity index is 660. The second-order valence-electron chi connectivity index (χ2n) is 5.33. The number of imidazole rings is 1. The average molecular weight is 267 g/mol. The van der Waals surface area contributed by atoms with E-state index in [9.17, 15) is 5.26 Å². The maximum Gasteiger partial charge on any atom is 0.127 e. The van der Waals surface area contributed by atoms with E-state index in [0.717, 1.165) is 47.8 Å². The molecule has 0 amide bonds. The summed E-state index contributed by atoms with van der Waals surface area (Å²) in [5.74, 6) is 1.64. The highest BCUT2D eigenvalue weighted by Gasteiger charge is 2.42. The number of nitrogens with zero attached hydrogens (tertiary/aromatic N) is 2. The number of methoxy groups -OCH3 is 1. The van der Waals surface area contributed by atoms with E-state index in [1.54, 1.807) is 7.11 Å². The number of aromatic nitrogens is 2. The first-order chi connectivity index (χ1) is 9.68. The summed E-state index contributed by atoms with van der Waals surface area (Å²) in [6.07, 6.45) is 2.90. The molecule has 1 N–H and O–H groups in total. The van der Waals surface area contributed by atoms with Crippen LogP contribution in [-0.2, 0) is 5.41 Å². The molecule has 0 radical (unpaired) electrons. The number of nitriles is 1. The van der Waals surface area contributed by atoms with E-state index in [4.69, 9.17) is 4.74 Å². The van der Waals surface area contributed by atoms with Gasteiger partial charge in [-0.1, -0.05) is 0 Å². The predicted octanol–water partition coefficient (Wildman–Crippen LogP) is 3.34. The molecule has 0 spiro atoms. The zero-order valence-corrected chi connectivity index (χ0v) is 11.7. The fraction of sp³-hybridized carbons (Fsp3) is 0.375. The fourth-order valence-corrected chi connectivity index (χ4v) is 2.65. The van der Waals surface area contributed by atoms with Crippen LogP contribution < -0.4 is 4.74 Å². The van der Waals surface area contributed by atoms with E-state index in [1.807, 2.05) is 31.2 Å². The van der Waals surface area contributed by atoms with Gasteiger partial charge in [0.15, 0.2) is 0 Å². The molecule has 1 aromatic carbocycles. The van der Waals surface area contributed by atoms with Crippen LogP contribution in [0.15, 0.2) is 24.3 Å². The number of rotatable bonds is 3. The van der Waals surface area contributed by atoms with Crippen LogP contribution in [0.1, 0.15) is 30.8 Å². The lowest BCUT2D eigenvalue weighted by Gasteiger charge is -2.32. The van der Waals surface area contributed by atoms with Crippen LogP contribution in [-0.4, -0.2) is 17.1 Å². The van der Waals surface area contributed by atoms with Gasteiger partial charge in [0.2, 0.25) is 0 Å². The Kier molecular flexibility index (Phi) is 2.98. The Morgan fingerprint density at radius 3 is 2.50 bits per heavy atom. The zero-order chi connectivity index (χ0) is 14.2. The van der Waals surface area contributed by atoms with E-state index in [0.29, 0.717) is 0 Å². The van der Waals surface area contributed by atoms with Crippen molar-refractivity contribution in [1.29, 1.82) is 5.26 Å². The average Bonchev–Trinajstić information content (AvgIpc) is 2.81. The fourth-order valence-electron chi connectivity index (χ4n) is 2.65. The van der Waals surface area contributed by atoms with Gasteiger partial charge in [-0.25, -0.2) is 4.98 Å². The topological polar surface area (TPSA) is 61.7 Å². The first-order valence-corrected chi connectivity index (χ1v) is 6.81. The maximum atomic E-state index is 9.40. The van der Waals surface area contributed by atoms with Gasteiger partial charge in [-0.2, -0.15) is 5.26 Å². The maximum absolute atomic E-state index is 9.40. The van der Waals surface area contributed by atoms with Crippen molar-refractivity contribution >= 4 is 0 Å². The molecule has 4 heteroatoms. The second-order valence-corrected chi connectivity index (χ2v) is 5.33. The number of aryl methyl sites for hydroxylation is 1. The van der Waals surface area contributed by atoms with E-state index >= 15 is 0 Å². The third-order valence-electron chi connectivity index (χ3n) is 4.12. The lowest BCUT2D eigenvalue weighted by Crippen LogP contribution is -2.33. The van der Waals surface area contributed by atoms with Gasteiger partial charge in [0.25, 0.3) is 0 Å². The number of nitrogens with one attached hydrogen (secondary N) is 1. The molecule has 1 saturated carbocycles. The molecule has 1 aliphatic rings. The Morgan fingerprint density at radius 2 is 2.00 bits per heavy atom. The van der Waals surface area contributed by atoms with Crippen molar-refractivity contribution in [3.05, 3.63) is 35.8 Å². The van der Waals surface area contributed by atoms with Crippen molar-refractivity contribution in [3.8, 4) is 23.1 Å². The Balaban J connectivity index is 1.98. The summed E-state index contributed by atoms with van der Waals surface area (Å²) in [6, 6.07) is 10.3. The molecule has 20 heavy (non-hydrogen) atoms. The van der Waals surface area contributed by atoms with Crippen LogP contribution in [0.2, 0.25) is 0 Å². The third-order valence-corrected chi connectivity index (χ3v) is 4.12. The summed E-state index contributed by atoms with van der Waals surface area (Å²) in [6.45, 7) is 2.00. The number of hydrogen-bond donors (Lipinski definition) is 1. The molecule has 4 nitrogen and oxygen atoms in total. The minimum Gasteiger partial charge on any atom is -0.497 e. The van der Waals surface area contributed by atoms with Crippen LogP contribution in [0.5, 0.6) is 5.75 Å². The molecule has 0 unspecified atom stereocenters.